The zero-order valence-electron chi connectivity index (χ0n) is 16.2. The topological polar surface area (TPSA) is 38.3 Å². The van der Waals surface area contributed by atoms with Crippen molar-refractivity contribution in [1.29, 1.82) is 0 Å². The van der Waals surface area contributed by atoms with E-state index in [1.165, 1.54) is 12.1 Å². The Kier molecular flexibility index (Phi) is 5.72. The smallest absolute Gasteiger partial charge is 0.251 e. The van der Waals surface area contributed by atoms with Crippen LogP contribution in [0.25, 0.3) is 11.1 Å². The van der Waals surface area contributed by atoms with E-state index in [-0.39, 0.29) is 17.1 Å². The average Bonchev–Trinajstić information content (AvgIpc) is 2.79. The summed E-state index contributed by atoms with van der Waals surface area (Å²) in [5.74, 6) is -0.351. The molecule has 1 N–H and O–H groups in total. The fourth-order valence-electron chi connectivity index (χ4n) is 3.93. The van der Waals surface area contributed by atoms with Crippen LogP contribution in [0, 0.1) is 5.82 Å². The Morgan fingerprint density at radius 3 is 2.14 bits per heavy atom. The Bertz CT molecular complexity index is 946. The van der Waals surface area contributed by atoms with Crippen molar-refractivity contribution < 1.29 is 13.9 Å². The van der Waals surface area contributed by atoms with Gasteiger partial charge >= 0.3 is 0 Å². The maximum absolute atomic E-state index is 13.4. The summed E-state index contributed by atoms with van der Waals surface area (Å²) in [4.78, 5) is 12.8. The van der Waals surface area contributed by atoms with Crippen LogP contribution in [0.3, 0.4) is 0 Å². The first-order valence-corrected chi connectivity index (χ1v) is 9.94. The van der Waals surface area contributed by atoms with Crippen LogP contribution in [-0.2, 0) is 10.2 Å². The van der Waals surface area contributed by atoms with Crippen LogP contribution in [0.2, 0.25) is 0 Å². The Labute approximate surface area is 170 Å². The fraction of sp³-hybridized carbons (Fsp3) is 0.240. The number of carbonyl (C=O) groups is 1. The quantitative estimate of drug-likeness (QED) is 0.669. The van der Waals surface area contributed by atoms with Gasteiger partial charge in [-0.3, -0.25) is 4.79 Å². The molecule has 0 unspecified atom stereocenters. The molecule has 0 atom stereocenters. The molecule has 4 rings (SSSR count). The zero-order valence-corrected chi connectivity index (χ0v) is 16.2. The van der Waals surface area contributed by atoms with Crippen molar-refractivity contribution in [3.63, 3.8) is 0 Å². The van der Waals surface area contributed by atoms with Gasteiger partial charge in [-0.15, -0.1) is 0 Å². The Morgan fingerprint density at radius 1 is 0.862 bits per heavy atom. The molecule has 3 aromatic rings. The van der Waals surface area contributed by atoms with Crippen molar-refractivity contribution in [1.82, 2.24) is 5.32 Å². The summed E-state index contributed by atoms with van der Waals surface area (Å²) in [5, 5.41) is 3.09. The van der Waals surface area contributed by atoms with E-state index < -0.39 is 0 Å². The average molecular weight is 389 g/mol. The van der Waals surface area contributed by atoms with Crippen LogP contribution in [0.4, 0.5) is 4.39 Å². The largest absolute Gasteiger partial charge is 0.381 e. The molecule has 4 heteroatoms. The van der Waals surface area contributed by atoms with E-state index in [9.17, 15) is 9.18 Å². The van der Waals surface area contributed by atoms with Crippen molar-refractivity contribution in [3.05, 3.63) is 95.8 Å². The first kappa shape index (κ1) is 19.3. The van der Waals surface area contributed by atoms with Crippen LogP contribution in [0.5, 0.6) is 0 Å². The van der Waals surface area contributed by atoms with E-state index >= 15 is 0 Å². The zero-order chi connectivity index (χ0) is 20.1. The van der Waals surface area contributed by atoms with Crippen LogP contribution >= 0.6 is 0 Å². The lowest BCUT2D eigenvalue weighted by Gasteiger charge is -2.38. The summed E-state index contributed by atoms with van der Waals surface area (Å²) in [6.45, 7) is 1.78. The third kappa shape index (κ3) is 4.38. The minimum Gasteiger partial charge on any atom is -0.381 e. The van der Waals surface area contributed by atoms with Crippen molar-refractivity contribution in [3.8, 4) is 11.1 Å². The van der Waals surface area contributed by atoms with Gasteiger partial charge in [-0.2, -0.15) is 0 Å². The van der Waals surface area contributed by atoms with Gasteiger partial charge < -0.3 is 10.1 Å². The third-order valence-corrected chi connectivity index (χ3v) is 5.75. The molecule has 0 aliphatic carbocycles. The summed E-state index contributed by atoms with van der Waals surface area (Å²) in [7, 11) is 0. The maximum atomic E-state index is 13.4. The number of ether oxygens (including phenoxy) is 1. The number of amides is 1. The molecule has 0 bridgehead atoms. The van der Waals surface area contributed by atoms with E-state index in [0.717, 1.165) is 29.5 Å². The monoisotopic (exact) mass is 389 g/mol. The molecule has 1 aliphatic heterocycles. The van der Waals surface area contributed by atoms with Crippen molar-refractivity contribution >= 4 is 5.91 Å². The molecule has 3 aromatic carbocycles. The van der Waals surface area contributed by atoms with Gasteiger partial charge in [0.25, 0.3) is 5.91 Å². The molecule has 1 saturated heterocycles. The van der Waals surface area contributed by atoms with E-state index in [0.29, 0.717) is 25.3 Å². The summed E-state index contributed by atoms with van der Waals surface area (Å²) >= 11 is 0. The lowest BCUT2D eigenvalue weighted by molar-refractivity contribution is 0.0487. The predicted octanol–water partition coefficient (Wildman–Crippen LogP) is 4.97. The number of carbonyl (C=O) groups excluding carboxylic acids is 1. The van der Waals surface area contributed by atoms with Gasteiger partial charge in [0.1, 0.15) is 5.82 Å². The van der Waals surface area contributed by atoms with Gasteiger partial charge in [0.15, 0.2) is 0 Å². The molecule has 0 radical (unpaired) electrons. The standard InChI is InChI=1S/C25H24FNO2/c26-23-12-10-22(11-13-23)25(14-16-29-17-15-25)18-27-24(28)21-8-6-20(7-9-21)19-4-2-1-3-5-19/h1-13H,14-18H2,(H,27,28). The van der Waals surface area contributed by atoms with Crippen molar-refractivity contribution in [2.75, 3.05) is 19.8 Å². The summed E-state index contributed by atoms with van der Waals surface area (Å²) in [6.07, 6.45) is 1.59. The highest BCUT2D eigenvalue weighted by molar-refractivity contribution is 5.94. The molecular weight excluding hydrogens is 365 g/mol. The van der Waals surface area contributed by atoms with Crippen molar-refractivity contribution in [2.45, 2.75) is 18.3 Å². The third-order valence-electron chi connectivity index (χ3n) is 5.75. The molecule has 0 spiro atoms. The molecule has 1 fully saturated rings. The van der Waals surface area contributed by atoms with Crippen molar-refractivity contribution in [2.24, 2.45) is 0 Å². The van der Waals surface area contributed by atoms with Gasteiger partial charge in [-0.1, -0.05) is 54.6 Å². The van der Waals surface area contributed by atoms with Crippen LogP contribution in [0.1, 0.15) is 28.8 Å². The van der Waals surface area contributed by atoms with Crippen LogP contribution in [-0.4, -0.2) is 25.7 Å². The van der Waals surface area contributed by atoms with Crippen LogP contribution < -0.4 is 5.32 Å². The van der Waals surface area contributed by atoms with Gasteiger partial charge in [0.2, 0.25) is 0 Å². The molecule has 1 amide bonds. The van der Waals surface area contributed by atoms with E-state index in [4.69, 9.17) is 4.74 Å². The molecule has 0 saturated carbocycles. The first-order valence-electron chi connectivity index (χ1n) is 9.94. The number of halogens is 1. The molecule has 1 aliphatic rings. The van der Waals surface area contributed by atoms with Crippen LogP contribution in [0.15, 0.2) is 78.9 Å². The second-order valence-electron chi connectivity index (χ2n) is 7.53. The van der Waals surface area contributed by atoms with Gasteiger partial charge in [0, 0.05) is 30.7 Å². The summed E-state index contributed by atoms with van der Waals surface area (Å²) < 4.78 is 18.9. The first-order chi connectivity index (χ1) is 14.2. The molecule has 1 heterocycles. The number of hydrogen-bond acceptors (Lipinski definition) is 2. The Balaban J connectivity index is 1.47. The Hall–Kier alpha value is -2.98. The highest BCUT2D eigenvalue weighted by atomic mass is 19.1. The normalized spacial score (nSPS) is 15.6. The van der Waals surface area contributed by atoms with E-state index in [2.05, 4.69) is 5.32 Å². The Morgan fingerprint density at radius 2 is 1.48 bits per heavy atom. The second kappa shape index (κ2) is 8.58. The predicted molar refractivity (Wildman–Crippen MR) is 112 cm³/mol. The highest BCUT2D eigenvalue weighted by Crippen LogP contribution is 2.34. The van der Waals surface area contributed by atoms with E-state index in [1.807, 2.05) is 66.7 Å². The summed E-state index contributed by atoms with van der Waals surface area (Å²) in [5.41, 5.74) is 3.64. The number of nitrogens with one attached hydrogen (secondary N) is 1. The van der Waals surface area contributed by atoms with Gasteiger partial charge in [-0.25, -0.2) is 4.39 Å². The minimum absolute atomic E-state index is 0.0995. The van der Waals surface area contributed by atoms with Gasteiger partial charge in [0.05, 0.1) is 0 Å². The molecular formula is C25H24FNO2. The fourth-order valence-corrected chi connectivity index (χ4v) is 3.93. The number of hydrogen-bond donors (Lipinski definition) is 1. The molecule has 0 aromatic heterocycles. The minimum atomic E-state index is -0.251. The lowest BCUT2D eigenvalue weighted by atomic mass is 9.74. The van der Waals surface area contributed by atoms with Gasteiger partial charge in [-0.05, 0) is 53.8 Å². The summed E-state index contributed by atoms with van der Waals surface area (Å²) in [6, 6.07) is 24.3. The highest BCUT2D eigenvalue weighted by Gasteiger charge is 2.35. The number of rotatable bonds is 5. The number of benzene rings is 3. The van der Waals surface area contributed by atoms with E-state index in [1.54, 1.807) is 0 Å². The molecule has 29 heavy (non-hydrogen) atoms. The molecule has 3 nitrogen and oxygen atoms in total. The SMILES string of the molecule is O=C(NCC1(c2ccc(F)cc2)CCOCC1)c1ccc(-c2ccccc2)cc1. The lowest BCUT2D eigenvalue weighted by Crippen LogP contribution is -2.44. The second-order valence-corrected chi connectivity index (χ2v) is 7.53. The molecule has 148 valence electrons. The maximum Gasteiger partial charge on any atom is 0.251 e.